The van der Waals surface area contributed by atoms with E-state index in [-0.39, 0.29) is 5.56 Å². The summed E-state index contributed by atoms with van der Waals surface area (Å²) >= 11 is 0. The van der Waals surface area contributed by atoms with Gasteiger partial charge in [0.25, 0.3) is 0 Å². The maximum absolute atomic E-state index is 11.3. The highest BCUT2D eigenvalue weighted by molar-refractivity contribution is 5.94. The minimum atomic E-state index is -1.00. The number of nitrogens with one attached hydrogen (secondary N) is 1. The lowest BCUT2D eigenvalue weighted by Gasteiger charge is -2.11. The molecule has 0 fully saturated rings. The Morgan fingerprint density at radius 1 is 1.42 bits per heavy atom. The van der Waals surface area contributed by atoms with Crippen LogP contribution in [0.4, 0.5) is 5.82 Å². The molecule has 0 saturated carbocycles. The van der Waals surface area contributed by atoms with E-state index in [2.05, 4.69) is 20.6 Å². The monoisotopic (exact) mass is 261 g/mol. The Hall–Kier alpha value is -2.44. The molecule has 100 valence electrons. The fourth-order valence-corrected chi connectivity index (χ4v) is 1.72. The van der Waals surface area contributed by atoms with Crippen molar-refractivity contribution in [1.82, 2.24) is 20.0 Å². The van der Waals surface area contributed by atoms with Gasteiger partial charge in [-0.15, -0.1) is 5.10 Å². The molecule has 0 aromatic carbocycles. The van der Waals surface area contributed by atoms with E-state index in [0.29, 0.717) is 30.2 Å². The van der Waals surface area contributed by atoms with Crippen molar-refractivity contribution in [2.45, 2.75) is 20.4 Å². The number of carboxylic acids is 1. The Morgan fingerprint density at radius 2 is 2.21 bits per heavy atom. The largest absolute Gasteiger partial charge is 0.478 e. The smallest absolute Gasteiger partial charge is 0.339 e. The van der Waals surface area contributed by atoms with E-state index < -0.39 is 5.97 Å². The van der Waals surface area contributed by atoms with Gasteiger partial charge >= 0.3 is 5.97 Å². The number of carbonyl (C=O) groups is 1. The lowest BCUT2D eigenvalue weighted by atomic mass is 10.1. The van der Waals surface area contributed by atoms with Crippen molar-refractivity contribution in [2.24, 2.45) is 0 Å². The molecule has 0 aliphatic rings. The minimum Gasteiger partial charge on any atom is -0.478 e. The average molecular weight is 261 g/mol. The quantitative estimate of drug-likeness (QED) is 0.837. The number of hydrogen-bond acceptors (Lipinski definition) is 5. The molecule has 7 heteroatoms. The summed E-state index contributed by atoms with van der Waals surface area (Å²) in [6, 6.07) is 1.83. The first-order valence-electron chi connectivity index (χ1n) is 5.88. The highest BCUT2D eigenvalue weighted by Gasteiger charge is 2.17. The van der Waals surface area contributed by atoms with Crippen LogP contribution in [0.15, 0.2) is 18.5 Å². The molecule has 0 saturated heterocycles. The SMILES string of the molecule is Cc1nnc(NCCn2cccn2)c(C(=O)O)c1C. The van der Waals surface area contributed by atoms with Crippen LogP contribution in [0.25, 0.3) is 0 Å². The molecular formula is C12H15N5O2. The summed E-state index contributed by atoms with van der Waals surface area (Å²) in [5.74, 6) is -0.708. The third-order valence-corrected chi connectivity index (χ3v) is 2.86. The third kappa shape index (κ3) is 2.87. The normalized spacial score (nSPS) is 10.4. The maximum atomic E-state index is 11.3. The maximum Gasteiger partial charge on any atom is 0.339 e. The summed E-state index contributed by atoms with van der Waals surface area (Å²) in [5, 5.41) is 24.1. The van der Waals surface area contributed by atoms with Crippen molar-refractivity contribution in [3.8, 4) is 0 Å². The van der Waals surface area contributed by atoms with Gasteiger partial charge in [0.15, 0.2) is 5.82 Å². The molecule has 0 aliphatic carbocycles. The second-order valence-electron chi connectivity index (χ2n) is 4.14. The van der Waals surface area contributed by atoms with Crippen LogP contribution in [0.1, 0.15) is 21.6 Å². The summed E-state index contributed by atoms with van der Waals surface area (Å²) in [6.45, 7) is 4.62. The highest BCUT2D eigenvalue weighted by Crippen LogP contribution is 2.18. The lowest BCUT2D eigenvalue weighted by molar-refractivity contribution is 0.0696. The van der Waals surface area contributed by atoms with Gasteiger partial charge in [-0.25, -0.2) is 4.79 Å². The van der Waals surface area contributed by atoms with E-state index >= 15 is 0 Å². The molecule has 19 heavy (non-hydrogen) atoms. The highest BCUT2D eigenvalue weighted by atomic mass is 16.4. The lowest BCUT2D eigenvalue weighted by Crippen LogP contribution is -2.16. The Kier molecular flexibility index (Phi) is 3.74. The molecular weight excluding hydrogens is 246 g/mol. The van der Waals surface area contributed by atoms with Crippen LogP contribution in [0.2, 0.25) is 0 Å². The molecule has 2 heterocycles. The van der Waals surface area contributed by atoms with E-state index in [1.165, 1.54) is 0 Å². The van der Waals surface area contributed by atoms with E-state index in [1.54, 1.807) is 24.7 Å². The molecule has 2 rings (SSSR count). The number of aromatic carboxylic acids is 1. The zero-order valence-electron chi connectivity index (χ0n) is 10.8. The Morgan fingerprint density at radius 3 is 2.84 bits per heavy atom. The van der Waals surface area contributed by atoms with Crippen LogP contribution < -0.4 is 5.32 Å². The molecule has 0 unspecified atom stereocenters. The predicted octanol–water partition coefficient (Wildman–Crippen LogP) is 1.10. The number of nitrogens with zero attached hydrogens (tertiary/aromatic N) is 4. The van der Waals surface area contributed by atoms with Crippen LogP contribution in [0.3, 0.4) is 0 Å². The number of anilines is 1. The molecule has 7 nitrogen and oxygen atoms in total. The fraction of sp³-hybridized carbons (Fsp3) is 0.333. The minimum absolute atomic E-state index is 0.174. The van der Waals surface area contributed by atoms with E-state index in [4.69, 9.17) is 0 Å². The third-order valence-electron chi connectivity index (χ3n) is 2.86. The second-order valence-corrected chi connectivity index (χ2v) is 4.14. The molecule has 0 radical (unpaired) electrons. The zero-order valence-corrected chi connectivity index (χ0v) is 10.8. The summed E-state index contributed by atoms with van der Waals surface area (Å²) in [5.41, 5.74) is 1.42. The Bertz CT molecular complexity index is 580. The first kappa shape index (κ1) is 13.0. The first-order valence-corrected chi connectivity index (χ1v) is 5.88. The summed E-state index contributed by atoms with van der Waals surface area (Å²) in [7, 11) is 0. The number of rotatable bonds is 5. The van der Waals surface area contributed by atoms with E-state index in [9.17, 15) is 9.90 Å². The van der Waals surface area contributed by atoms with Crippen LogP contribution in [0, 0.1) is 13.8 Å². The summed E-state index contributed by atoms with van der Waals surface area (Å²) < 4.78 is 1.75. The first-order chi connectivity index (χ1) is 9.09. The molecule has 2 aromatic heterocycles. The van der Waals surface area contributed by atoms with Crippen molar-refractivity contribution in [1.29, 1.82) is 0 Å². The topological polar surface area (TPSA) is 92.9 Å². The number of carboxylic acid groups (broad SMARTS) is 1. The van der Waals surface area contributed by atoms with Crippen molar-refractivity contribution < 1.29 is 9.90 Å². The van der Waals surface area contributed by atoms with Crippen molar-refractivity contribution in [2.75, 3.05) is 11.9 Å². The van der Waals surface area contributed by atoms with Gasteiger partial charge in [0, 0.05) is 18.9 Å². The average Bonchev–Trinajstić information content (AvgIpc) is 2.86. The van der Waals surface area contributed by atoms with Crippen LogP contribution in [0.5, 0.6) is 0 Å². The summed E-state index contributed by atoms with van der Waals surface area (Å²) in [6.07, 6.45) is 3.53. The second kappa shape index (κ2) is 5.47. The molecule has 0 atom stereocenters. The van der Waals surface area contributed by atoms with Gasteiger partial charge in [-0.3, -0.25) is 4.68 Å². The van der Waals surface area contributed by atoms with Gasteiger partial charge in [0.2, 0.25) is 0 Å². The Balaban J connectivity index is 2.11. The molecule has 2 N–H and O–H groups in total. The van der Waals surface area contributed by atoms with Gasteiger partial charge in [0.1, 0.15) is 5.56 Å². The molecule has 0 amide bonds. The predicted molar refractivity (Wildman–Crippen MR) is 69.2 cm³/mol. The van der Waals surface area contributed by atoms with Gasteiger partial charge < -0.3 is 10.4 Å². The van der Waals surface area contributed by atoms with Gasteiger partial charge in [-0.1, -0.05) is 0 Å². The van der Waals surface area contributed by atoms with E-state index in [0.717, 1.165) is 0 Å². The van der Waals surface area contributed by atoms with Crippen molar-refractivity contribution >= 4 is 11.8 Å². The Labute approximate surface area is 110 Å². The van der Waals surface area contributed by atoms with Crippen LogP contribution >= 0.6 is 0 Å². The van der Waals surface area contributed by atoms with E-state index in [1.807, 2.05) is 12.3 Å². The van der Waals surface area contributed by atoms with Crippen molar-refractivity contribution in [3.63, 3.8) is 0 Å². The van der Waals surface area contributed by atoms with Crippen molar-refractivity contribution in [3.05, 3.63) is 35.3 Å². The van der Waals surface area contributed by atoms with Gasteiger partial charge in [0.05, 0.1) is 12.2 Å². The van der Waals surface area contributed by atoms with Crippen LogP contribution in [-0.4, -0.2) is 37.6 Å². The van der Waals surface area contributed by atoms with Gasteiger partial charge in [-0.2, -0.15) is 10.2 Å². The molecule has 0 spiro atoms. The van der Waals surface area contributed by atoms with Crippen LogP contribution in [-0.2, 0) is 6.54 Å². The zero-order chi connectivity index (χ0) is 13.8. The van der Waals surface area contributed by atoms with Gasteiger partial charge in [-0.05, 0) is 25.5 Å². The molecule has 2 aromatic rings. The number of hydrogen-bond donors (Lipinski definition) is 2. The molecule has 0 aliphatic heterocycles. The molecule has 0 bridgehead atoms. The number of aromatic nitrogens is 4. The fourth-order valence-electron chi connectivity index (χ4n) is 1.72. The standard InChI is InChI=1S/C12H15N5O2/c1-8-9(2)15-16-11(10(8)12(18)19)13-5-7-17-6-3-4-14-17/h3-4,6H,5,7H2,1-2H3,(H,13,16)(H,18,19). The summed E-state index contributed by atoms with van der Waals surface area (Å²) in [4.78, 5) is 11.3. The number of aryl methyl sites for hydroxylation is 1.